The van der Waals surface area contributed by atoms with Gasteiger partial charge in [-0.3, -0.25) is 9.89 Å². The van der Waals surface area contributed by atoms with Gasteiger partial charge in [-0.15, -0.1) is 0 Å². The van der Waals surface area contributed by atoms with E-state index in [2.05, 4.69) is 32.8 Å². The van der Waals surface area contributed by atoms with Crippen LogP contribution in [0.4, 0.5) is 0 Å². The van der Waals surface area contributed by atoms with Crippen molar-refractivity contribution in [3.8, 4) is 0 Å². The SMILES string of the molecule is NC1CCN(C(=O)c2n[nH]c(CI)c2Cl)C1. The zero-order chi connectivity index (χ0) is 11.7. The predicted octanol–water partition coefficient (Wildman–Crippen LogP) is 1.17. The summed E-state index contributed by atoms with van der Waals surface area (Å²) in [6, 6.07) is 0.0747. The van der Waals surface area contributed by atoms with Crippen molar-refractivity contribution in [1.29, 1.82) is 0 Å². The lowest BCUT2D eigenvalue weighted by atomic mass is 10.3. The quantitative estimate of drug-likeness (QED) is 0.618. The zero-order valence-electron chi connectivity index (χ0n) is 8.54. The van der Waals surface area contributed by atoms with E-state index in [1.165, 1.54) is 0 Å². The number of amides is 1. The molecule has 5 nitrogen and oxygen atoms in total. The molecule has 1 aromatic heterocycles. The van der Waals surface area contributed by atoms with Crippen molar-refractivity contribution in [2.75, 3.05) is 13.1 Å². The smallest absolute Gasteiger partial charge is 0.275 e. The Morgan fingerprint density at radius 2 is 2.50 bits per heavy atom. The second-order valence-corrected chi connectivity index (χ2v) is 4.94. The molecule has 0 bridgehead atoms. The molecular formula is C9H12ClIN4O. The highest BCUT2D eigenvalue weighted by Crippen LogP contribution is 2.23. The van der Waals surface area contributed by atoms with E-state index in [9.17, 15) is 4.79 Å². The Morgan fingerprint density at radius 3 is 3.00 bits per heavy atom. The van der Waals surface area contributed by atoms with Crippen molar-refractivity contribution in [1.82, 2.24) is 15.1 Å². The van der Waals surface area contributed by atoms with E-state index in [-0.39, 0.29) is 11.9 Å². The lowest BCUT2D eigenvalue weighted by Gasteiger charge is -2.13. The molecule has 1 atom stereocenters. The Kier molecular flexibility index (Phi) is 3.70. The molecule has 7 heteroatoms. The third-order valence-corrected chi connectivity index (χ3v) is 3.79. The molecule has 1 fully saturated rings. The van der Waals surface area contributed by atoms with Gasteiger partial charge in [-0.1, -0.05) is 34.2 Å². The van der Waals surface area contributed by atoms with E-state index in [1.54, 1.807) is 4.90 Å². The lowest BCUT2D eigenvalue weighted by Crippen LogP contribution is -2.32. The van der Waals surface area contributed by atoms with Crippen LogP contribution < -0.4 is 5.73 Å². The average Bonchev–Trinajstić information content (AvgIpc) is 2.84. The number of nitrogens with zero attached hydrogens (tertiary/aromatic N) is 2. The summed E-state index contributed by atoms with van der Waals surface area (Å²) in [6.45, 7) is 1.27. The fourth-order valence-electron chi connectivity index (χ4n) is 1.72. The summed E-state index contributed by atoms with van der Waals surface area (Å²) in [5.41, 5.74) is 6.85. The standard InChI is InChI=1S/C9H12ClIN4O/c10-7-6(3-11)13-14-8(7)9(16)15-2-1-5(12)4-15/h5H,1-4,12H2,(H,13,14). The molecule has 1 saturated heterocycles. The van der Waals surface area contributed by atoms with E-state index in [1.807, 2.05) is 0 Å². The Balaban J connectivity index is 2.17. The number of alkyl halides is 1. The highest BCUT2D eigenvalue weighted by atomic mass is 127. The molecule has 88 valence electrons. The van der Waals surface area contributed by atoms with Gasteiger partial charge in [-0.05, 0) is 6.42 Å². The molecule has 3 N–H and O–H groups in total. The average molecular weight is 355 g/mol. The number of rotatable bonds is 2. The summed E-state index contributed by atoms with van der Waals surface area (Å²) in [4.78, 5) is 13.7. The minimum Gasteiger partial charge on any atom is -0.336 e. The summed E-state index contributed by atoms with van der Waals surface area (Å²) in [6.07, 6.45) is 0.840. The van der Waals surface area contributed by atoms with Crippen LogP contribution in [0.15, 0.2) is 0 Å². The summed E-state index contributed by atoms with van der Waals surface area (Å²) < 4.78 is 0.705. The number of likely N-dealkylation sites (tertiary alicyclic amines) is 1. The number of halogens is 2. The number of aromatic nitrogens is 2. The lowest BCUT2D eigenvalue weighted by molar-refractivity contribution is 0.0785. The number of carbonyl (C=O) groups is 1. The summed E-state index contributed by atoms with van der Waals surface area (Å²) in [5, 5.41) is 7.16. The van der Waals surface area contributed by atoms with E-state index in [4.69, 9.17) is 17.3 Å². The molecule has 1 amide bonds. The Morgan fingerprint density at radius 1 is 1.75 bits per heavy atom. The van der Waals surface area contributed by atoms with Crippen LogP contribution in [0.3, 0.4) is 0 Å². The van der Waals surface area contributed by atoms with Crippen LogP contribution in [0, 0.1) is 0 Å². The Bertz CT molecular complexity index is 408. The minimum atomic E-state index is -0.134. The highest BCUT2D eigenvalue weighted by molar-refractivity contribution is 14.1. The molecule has 0 saturated carbocycles. The molecule has 0 radical (unpaired) electrons. The van der Waals surface area contributed by atoms with Gasteiger partial charge in [0.05, 0.1) is 10.7 Å². The molecule has 1 aliphatic heterocycles. The summed E-state index contributed by atoms with van der Waals surface area (Å²) in [5.74, 6) is -0.134. The molecule has 0 spiro atoms. The summed E-state index contributed by atoms with van der Waals surface area (Å²) in [7, 11) is 0. The van der Waals surface area contributed by atoms with Gasteiger partial charge in [0.25, 0.3) is 5.91 Å². The van der Waals surface area contributed by atoms with Crippen LogP contribution in [0.1, 0.15) is 22.6 Å². The number of hydrogen-bond acceptors (Lipinski definition) is 3. The number of hydrogen-bond donors (Lipinski definition) is 2. The van der Waals surface area contributed by atoms with Crippen molar-refractivity contribution in [2.24, 2.45) is 5.73 Å². The van der Waals surface area contributed by atoms with E-state index in [0.29, 0.717) is 28.2 Å². The first-order valence-electron chi connectivity index (χ1n) is 4.97. The number of nitrogens with two attached hydrogens (primary N) is 1. The maximum atomic E-state index is 12.0. The fourth-order valence-corrected chi connectivity index (χ4v) is 2.73. The van der Waals surface area contributed by atoms with E-state index < -0.39 is 0 Å². The van der Waals surface area contributed by atoms with Gasteiger partial charge in [0.15, 0.2) is 5.69 Å². The van der Waals surface area contributed by atoms with E-state index in [0.717, 1.165) is 12.1 Å². The van der Waals surface area contributed by atoms with Crippen molar-refractivity contribution in [3.63, 3.8) is 0 Å². The van der Waals surface area contributed by atoms with Crippen molar-refractivity contribution < 1.29 is 4.79 Å². The minimum absolute atomic E-state index is 0.0747. The molecule has 2 heterocycles. The second kappa shape index (κ2) is 4.89. The second-order valence-electron chi connectivity index (χ2n) is 3.80. The maximum absolute atomic E-state index is 12.0. The van der Waals surface area contributed by atoms with Crippen molar-refractivity contribution >= 4 is 40.1 Å². The van der Waals surface area contributed by atoms with Crippen molar-refractivity contribution in [3.05, 3.63) is 16.4 Å². The number of nitrogens with one attached hydrogen (secondary N) is 1. The van der Waals surface area contributed by atoms with Crippen LogP contribution in [0.2, 0.25) is 5.02 Å². The van der Waals surface area contributed by atoms with Gasteiger partial charge >= 0.3 is 0 Å². The van der Waals surface area contributed by atoms with Crippen LogP contribution in [-0.4, -0.2) is 40.1 Å². The Labute approximate surface area is 112 Å². The number of carbonyl (C=O) groups excluding carboxylic acids is 1. The molecule has 0 aromatic carbocycles. The van der Waals surface area contributed by atoms with Gasteiger partial charge in [-0.25, -0.2) is 0 Å². The maximum Gasteiger partial charge on any atom is 0.275 e. The van der Waals surface area contributed by atoms with Gasteiger partial charge in [0.1, 0.15) is 0 Å². The van der Waals surface area contributed by atoms with Crippen LogP contribution in [0.25, 0.3) is 0 Å². The van der Waals surface area contributed by atoms with Crippen LogP contribution in [-0.2, 0) is 4.43 Å². The fraction of sp³-hybridized carbons (Fsp3) is 0.556. The van der Waals surface area contributed by atoms with Gasteiger partial charge in [0.2, 0.25) is 0 Å². The highest BCUT2D eigenvalue weighted by Gasteiger charge is 2.28. The van der Waals surface area contributed by atoms with E-state index >= 15 is 0 Å². The largest absolute Gasteiger partial charge is 0.336 e. The Hall–Kier alpha value is -0.340. The molecule has 2 rings (SSSR count). The molecule has 1 unspecified atom stereocenters. The van der Waals surface area contributed by atoms with Gasteiger partial charge in [0, 0.05) is 23.6 Å². The molecular weight excluding hydrogens is 342 g/mol. The van der Waals surface area contributed by atoms with Gasteiger partial charge in [-0.2, -0.15) is 5.10 Å². The first-order chi connectivity index (χ1) is 7.63. The van der Waals surface area contributed by atoms with Gasteiger partial charge < -0.3 is 10.6 Å². The monoisotopic (exact) mass is 354 g/mol. The van der Waals surface area contributed by atoms with Crippen LogP contribution in [0.5, 0.6) is 0 Å². The normalized spacial score (nSPS) is 20.4. The third-order valence-electron chi connectivity index (χ3n) is 2.62. The zero-order valence-corrected chi connectivity index (χ0v) is 11.5. The predicted molar refractivity (Wildman–Crippen MR) is 69.8 cm³/mol. The molecule has 16 heavy (non-hydrogen) atoms. The first kappa shape index (κ1) is 12.1. The number of H-pyrrole nitrogens is 1. The molecule has 1 aliphatic rings. The summed E-state index contributed by atoms with van der Waals surface area (Å²) >= 11 is 8.22. The third kappa shape index (κ3) is 2.18. The van der Waals surface area contributed by atoms with Crippen LogP contribution >= 0.6 is 34.2 Å². The topological polar surface area (TPSA) is 75.0 Å². The number of aromatic amines is 1. The molecule has 1 aromatic rings. The first-order valence-corrected chi connectivity index (χ1v) is 6.87. The molecule has 0 aliphatic carbocycles. The van der Waals surface area contributed by atoms with Crippen molar-refractivity contribution in [2.45, 2.75) is 16.9 Å².